The van der Waals surface area contributed by atoms with Crippen molar-refractivity contribution in [2.75, 3.05) is 0 Å². The molecular formula is C25H21F3N4O5S. The van der Waals surface area contributed by atoms with Crippen molar-refractivity contribution in [3.05, 3.63) is 89.0 Å². The lowest BCUT2D eigenvalue weighted by Gasteiger charge is -2.20. The van der Waals surface area contributed by atoms with Crippen molar-refractivity contribution in [1.29, 1.82) is 0 Å². The van der Waals surface area contributed by atoms with Crippen LogP contribution < -0.4 is 5.56 Å². The van der Waals surface area contributed by atoms with Gasteiger partial charge in [-0.2, -0.15) is 25.8 Å². The Bertz CT molecular complexity index is 1460. The van der Waals surface area contributed by atoms with E-state index in [2.05, 4.69) is 27.9 Å². The summed E-state index contributed by atoms with van der Waals surface area (Å²) in [5.41, 5.74) is 2.99. The van der Waals surface area contributed by atoms with Crippen molar-refractivity contribution >= 4 is 35.5 Å². The van der Waals surface area contributed by atoms with Crippen molar-refractivity contribution in [2.45, 2.75) is 24.4 Å². The van der Waals surface area contributed by atoms with Gasteiger partial charge >= 0.3 is 18.1 Å². The number of fused-ring (bicyclic) bond motifs is 1. The number of thiol groups is 1. The Hall–Kier alpha value is -4.26. The van der Waals surface area contributed by atoms with E-state index in [-0.39, 0.29) is 18.5 Å². The summed E-state index contributed by atoms with van der Waals surface area (Å²) in [5.74, 6) is -4.53. The van der Waals surface area contributed by atoms with Crippen molar-refractivity contribution in [3.63, 3.8) is 0 Å². The summed E-state index contributed by atoms with van der Waals surface area (Å²) in [5, 5.41) is 24.8. The molecule has 0 amide bonds. The molecule has 198 valence electrons. The minimum absolute atomic E-state index is 0.137. The number of aryl methyl sites for hydroxylation is 1. The molecule has 0 aliphatic rings. The molecule has 0 aliphatic carbocycles. The van der Waals surface area contributed by atoms with E-state index in [1.807, 2.05) is 36.4 Å². The first-order chi connectivity index (χ1) is 18.0. The molecule has 9 nitrogen and oxygen atoms in total. The monoisotopic (exact) mass is 546 g/mol. The molecule has 0 bridgehead atoms. The van der Waals surface area contributed by atoms with Crippen LogP contribution in [0.2, 0.25) is 0 Å². The molecule has 2 aromatic heterocycles. The van der Waals surface area contributed by atoms with Crippen LogP contribution in [0, 0.1) is 5.92 Å². The average Bonchev–Trinajstić information content (AvgIpc) is 2.90. The second kappa shape index (κ2) is 12.3. The number of carbonyl (C=O) groups is 2. The van der Waals surface area contributed by atoms with Gasteiger partial charge in [-0.25, -0.2) is 9.48 Å². The van der Waals surface area contributed by atoms with Gasteiger partial charge in [0.05, 0.1) is 11.3 Å². The zero-order valence-electron chi connectivity index (χ0n) is 19.5. The predicted molar refractivity (Wildman–Crippen MR) is 135 cm³/mol. The van der Waals surface area contributed by atoms with Crippen LogP contribution in [-0.2, 0) is 16.1 Å². The highest BCUT2D eigenvalue weighted by Crippen LogP contribution is 2.32. The average molecular weight is 547 g/mol. The van der Waals surface area contributed by atoms with E-state index in [1.165, 1.54) is 4.68 Å². The van der Waals surface area contributed by atoms with Crippen molar-refractivity contribution < 1.29 is 33.0 Å². The Morgan fingerprint density at radius 2 is 1.63 bits per heavy atom. The summed E-state index contributed by atoms with van der Waals surface area (Å²) in [7, 11) is 0. The second-order valence-corrected chi connectivity index (χ2v) is 8.54. The molecule has 0 radical (unpaired) electrons. The molecule has 2 atom stereocenters. The molecule has 0 spiro atoms. The first-order valence-corrected chi connectivity index (χ1v) is 11.5. The fourth-order valence-electron chi connectivity index (χ4n) is 3.49. The lowest BCUT2D eigenvalue weighted by Crippen LogP contribution is -2.28. The number of halogens is 3. The Labute approximate surface area is 219 Å². The minimum Gasteiger partial charge on any atom is -0.481 e. The Kier molecular flexibility index (Phi) is 9.18. The number of aromatic nitrogens is 4. The summed E-state index contributed by atoms with van der Waals surface area (Å²) in [6.45, 7) is 0.137. The standard InChI is InChI=1S/C23H20N4O3S.C2HF3O2/c28-22-18-5-1-2-6-20(18)25-26-27(22)13-11-19(23(29)30)21(31)16-9-7-15(8-10-16)17-4-3-12-24-14-17;3-2(4,5)1(6)7/h1-10,12,14,19,21,31H,11,13H2,(H,29,30);(H,6,7). The zero-order chi connectivity index (χ0) is 27.9. The highest BCUT2D eigenvalue weighted by atomic mass is 32.1. The summed E-state index contributed by atoms with van der Waals surface area (Å²) >= 11 is 4.59. The maximum Gasteiger partial charge on any atom is 0.490 e. The van der Waals surface area contributed by atoms with Crippen molar-refractivity contribution in [3.8, 4) is 11.1 Å². The van der Waals surface area contributed by atoms with Crippen LogP contribution in [0.3, 0.4) is 0 Å². The molecule has 13 heteroatoms. The summed E-state index contributed by atoms with van der Waals surface area (Å²) in [4.78, 5) is 37.6. The van der Waals surface area contributed by atoms with E-state index in [1.54, 1.807) is 36.7 Å². The molecule has 2 N–H and O–H groups in total. The van der Waals surface area contributed by atoms with Gasteiger partial charge in [0.1, 0.15) is 5.52 Å². The first kappa shape index (κ1) is 28.3. The Morgan fingerprint density at radius 1 is 0.974 bits per heavy atom. The quantitative estimate of drug-likeness (QED) is 0.293. The van der Waals surface area contributed by atoms with Crippen LogP contribution in [0.5, 0.6) is 0 Å². The molecule has 2 heterocycles. The second-order valence-electron chi connectivity index (χ2n) is 7.98. The smallest absolute Gasteiger partial charge is 0.481 e. The van der Waals surface area contributed by atoms with Crippen LogP contribution in [0.15, 0.2) is 77.9 Å². The van der Waals surface area contributed by atoms with Gasteiger partial charge in [0.25, 0.3) is 5.56 Å². The van der Waals surface area contributed by atoms with Gasteiger partial charge in [-0.15, -0.1) is 5.10 Å². The van der Waals surface area contributed by atoms with Crippen LogP contribution in [0.25, 0.3) is 22.0 Å². The zero-order valence-corrected chi connectivity index (χ0v) is 20.4. The molecule has 4 aromatic rings. The van der Waals surface area contributed by atoms with Crippen molar-refractivity contribution in [2.24, 2.45) is 5.92 Å². The van der Waals surface area contributed by atoms with E-state index >= 15 is 0 Å². The van der Waals surface area contributed by atoms with E-state index in [9.17, 15) is 27.9 Å². The van der Waals surface area contributed by atoms with Gasteiger partial charge in [0.2, 0.25) is 0 Å². The number of rotatable bonds is 7. The van der Waals surface area contributed by atoms with Gasteiger partial charge in [-0.1, -0.05) is 47.7 Å². The number of carboxylic acid groups (broad SMARTS) is 2. The molecule has 38 heavy (non-hydrogen) atoms. The van der Waals surface area contributed by atoms with Gasteiger partial charge in [-0.05, 0) is 41.3 Å². The van der Waals surface area contributed by atoms with Gasteiger partial charge in [-0.3, -0.25) is 14.6 Å². The third kappa shape index (κ3) is 7.16. The normalized spacial score (nSPS) is 12.7. The van der Waals surface area contributed by atoms with Gasteiger partial charge in [0.15, 0.2) is 0 Å². The summed E-state index contributed by atoms with van der Waals surface area (Å²) in [6, 6.07) is 18.4. The van der Waals surface area contributed by atoms with E-state index in [0.717, 1.165) is 16.7 Å². The predicted octanol–water partition coefficient (Wildman–Crippen LogP) is 4.25. The maximum absolute atomic E-state index is 12.6. The largest absolute Gasteiger partial charge is 0.490 e. The lowest BCUT2D eigenvalue weighted by atomic mass is 9.94. The van der Waals surface area contributed by atoms with Crippen LogP contribution in [0.1, 0.15) is 17.2 Å². The summed E-state index contributed by atoms with van der Waals surface area (Å²) < 4.78 is 32.9. The highest BCUT2D eigenvalue weighted by Gasteiger charge is 2.38. The molecule has 0 saturated heterocycles. The first-order valence-electron chi connectivity index (χ1n) is 11.0. The number of benzene rings is 2. The number of aliphatic carboxylic acids is 2. The number of pyridine rings is 1. The summed E-state index contributed by atoms with van der Waals surface area (Å²) in [6.07, 6.45) is -1.40. The fraction of sp³-hybridized carbons (Fsp3) is 0.200. The molecule has 4 rings (SSSR count). The van der Waals surface area contributed by atoms with Crippen LogP contribution >= 0.6 is 12.6 Å². The minimum atomic E-state index is -5.08. The number of nitrogens with zero attached hydrogens (tertiary/aromatic N) is 4. The molecule has 2 unspecified atom stereocenters. The Balaban J connectivity index is 0.000000505. The van der Waals surface area contributed by atoms with E-state index < -0.39 is 29.3 Å². The van der Waals surface area contributed by atoms with E-state index in [0.29, 0.717) is 10.9 Å². The van der Waals surface area contributed by atoms with Crippen LogP contribution in [-0.4, -0.2) is 48.3 Å². The molecule has 0 fully saturated rings. The molecule has 0 aliphatic heterocycles. The Morgan fingerprint density at radius 3 is 2.21 bits per heavy atom. The van der Waals surface area contributed by atoms with Crippen LogP contribution in [0.4, 0.5) is 13.2 Å². The third-order valence-corrected chi connectivity index (χ3v) is 6.13. The topological polar surface area (TPSA) is 135 Å². The third-order valence-electron chi connectivity index (χ3n) is 5.47. The molecule has 2 aromatic carbocycles. The molecular weight excluding hydrogens is 525 g/mol. The number of hydrogen-bond donors (Lipinski definition) is 3. The lowest BCUT2D eigenvalue weighted by molar-refractivity contribution is -0.192. The van der Waals surface area contributed by atoms with E-state index in [4.69, 9.17) is 9.90 Å². The van der Waals surface area contributed by atoms with Gasteiger partial charge in [0, 0.05) is 24.2 Å². The highest BCUT2D eigenvalue weighted by molar-refractivity contribution is 7.80. The number of alkyl halides is 3. The van der Waals surface area contributed by atoms with Gasteiger partial charge < -0.3 is 10.2 Å². The number of hydrogen-bond acceptors (Lipinski definition) is 7. The fourth-order valence-corrected chi connectivity index (χ4v) is 3.93. The maximum atomic E-state index is 12.6. The number of carboxylic acids is 2. The molecule has 0 saturated carbocycles. The van der Waals surface area contributed by atoms with Crippen molar-refractivity contribution in [1.82, 2.24) is 20.0 Å². The SMILES string of the molecule is O=C(O)C(CCn1nnc2ccccc2c1=O)C(S)c1ccc(-c2cccnc2)cc1.O=C(O)C(F)(F)F.